The highest BCUT2D eigenvalue weighted by molar-refractivity contribution is 5.87. The average molecular weight is 259 g/mol. The van der Waals surface area contributed by atoms with Gasteiger partial charge in [-0.05, 0) is 25.8 Å². The fraction of sp³-hybridized carbons (Fsp3) is 0.615. The zero-order valence-corrected chi connectivity index (χ0v) is 11.4. The van der Waals surface area contributed by atoms with E-state index in [0.717, 1.165) is 25.8 Å². The Hall–Kier alpha value is -0.800. The standard InChI is InChI=1S/C13H22N2O.ClH/c1-4-10-15(11-5-2)12(16)13(6-3)8-7-9-14-13;/h4-5,14H,1-2,6-11H2,3H3;1H. The molecule has 1 N–H and O–H groups in total. The summed E-state index contributed by atoms with van der Waals surface area (Å²) in [5.41, 5.74) is -0.341. The number of nitrogens with one attached hydrogen (secondary N) is 1. The first-order valence-electron chi connectivity index (χ1n) is 5.96. The van der Waals surface area contributed by atoms with Gasteiger partial charge in [0.05, 0.1) is 5.54 Å². The number of carbonyl (C=O) groups is 1. The summed E-state index contributed by atoms with van der Waals surface area (Å²) >= 11 is 0. The van der Waals surface area contributed by atoms with Gasteiger partial charge in [-0.2, -0.15) is 0 Å². The zero-order valence-electron chi connectivity index (χ0n) is 10.6. The van der Waals surface area contributed by atoms with Crippen molar-refractivity contribution in [2.24, 2.45) is 0 Å². The minimum atomic E-state index is -0.341. The van der Waals surface area contributed by atoms with Gasteiger partial charge in [-0.25, -0.2) is 0 Å². The lowest BCUT2D eigenvalue weighted by atomic mass is 9.92. The van der Waals surface area contributed by atoms with Crippen molar-refractivity contribution >= 4 is 18.3 Å². The fourth-order valence-corrected chi connectivity index (χ4v) is 2.30. The van der Waals surface area contributed by atoms with Crippen molar-refractivity contribution in [3.8, 4) is 0 Å². The number of hydrogen-bond donors (Lipinski definition) is 1. The molecule has 0 aliphatic carbocycles. The molecule has 98 valence electrons. The molecule has 1 aliphatic heterocycles. The third-order valence-electron chi connectivity index (χ3n) is 3.24. The minimum Gasteiger partial charge on any atom is -0.334 e. The van der Waals surface area contributed by atoms with Crippen molar-refractivity contribution in [1.29, 1.82) is 0 Å². The van der Waals surface area contributed by atoms with Gasteiger partial charge in [0.15, 0.2) is 0 Å². The monoisotopic (exact) mass is 258 g/mol. The van der Waals surface area contributed by atoms with Crippen LogP contribution < -0.4 is 5.32 Å². The molecule has 3 nitrogen and oxygen atoms in total. The van der Waals surface area contributed by atoms with Crippen LogP contribution in [0.5, 0.6) is 0 Å². The zero-order chi connectivity index (χ0) is 12.0. The topological polar surface area (TPSA) is 32.3 Å². The smallest absolute Gasteiger partial charge is 0.243 e. The molecule has 0 saturated carbocycles. The van der Waals surface area contributed by atoms with Crippen molar-refractivity contribution in [1.82, 2.24) is 10.2 Å². The highest BCUT2D eigenvalue weighted by Crippen LogP contribution is 2.25. The van der Waals surface area contributed by atoms with Crippen molar-refractivity contribution in [3.63, 3.8) is 0 Å². The molecule has 0 aromatic heterocycles. The largest absolute Gasteiger partial charge is 0.334 e. The Morgan fingerprint density at radius 2 is 2.00 bits per heavy atom. The number of halogens is 1. The lowest BCUT2D eigenvalue weighted by Crippen LogP contribution is -2.54. The Bertz CT molecular complexity index is 263. The molecule has 1 unspecified atom stereocenters. The number of nitrogens with zero attached hydrogens (tertiary/aromatic N) is 1. The number of amides is 1. The van der Waals surface area contributed by atoms with Gasteiger partial charge in [0.2, 0.25) is 5.91 Å². The van der Waals surface area contributed by atoms with E-state index >= 15 is 0 Å². The first kappa shape index (κ1) is 16.2. The van der Waals surface area contributed by atoms with Gasteiger partial charge in [-0.15, -0.1) is 25.6 Å². The van der Waals surface area contributed by atoms with Crippen LogP contribution in [0.2, 0.25) is 0 Å². The molecule has 0 radical (unpaired) electrons. The van der Waals surface area contributed by atoms with Crippen LogP contribution in [-0.4, -0.2) is 36.0 Å². The van der Waals surface area contributed by atoms with Gasteiger partial charge < -0.3 is 10.2 Å². The summed E-state index contributed by atoms with van der Waals surface area (Å²) in [5, 5.41) is 3.36. The van der Waals surface area contributed by atoms with E-state index in [1.165, 1.54) is 0 Å². The molecular weight excluding hydrogens is 236 g/mol. The summed E-state index contributed by atoms with van der Waals surface area (Å²) in [7, 11) is 0. The number of hydrogen-bond acceptors (Lipinski definition) is 2. The van der Waals surface area contributed by atoms with Crippen LogP contribution in [0.4, 0.5) is 0 Å². The van der Waals surface area contributed by atoms with E-state index in [9.17, 15) is 4.79 Å². The Morgan fingerprint density at radius 3 is 2.35 bits per heavy atom. The molecule has 1 fully saturated rings. The van der Waals surface area contributed by atoms with Crippen LogP contribution in [0.3, 0.4) is 0 Å². The average Bonchev–Trinajstić information content (AvgIpc) is 2.77. The Morgan fingerprint density at radius 1 is 1.41 bits per heavy atom. The van der Waals surface area contributed by atoms with E-state index in [2.05, 4.69) is 25.4 Å². The Labute approximate surface area is 110 Å². The van der Waals surface area contributed by atoms with Gasteiger partial charge >= 0.3 is 0 Å². The molecule has 1 aliphatic rings. The Balaban J connectivity index is 0.00000256. The minimum absolute atomic E-state index is 0. The normalized spacial score (nSPS) is 22.6. The molecular formula is C13H23ClN2O. The maximum absolute atomic E-state index is 12.4. The maximum atomic E-state index is 12.4. The summed E-state index contributed by atoms with van der Waals surface area (Å²) in [4.78, 5) is 14.3. The fourth-order valence-electron chi connectivity index (χ4n) is 2.30. The van der Waals surface area contributed by atoms with Crippen LogP contribution >= 0.6 is 12.4 Å². The van der Waals surface area contributed by atoms with E-state index in [1.54, 1.807) is 12.2 Å². The van der Waals surface area contributed by atoms with Gasteiger partial charge in [-0.3, -0.25) is 4.79 Å². The molecule has 4 heteroatoms. The van der Waals surface area contributed by atoms with E-state index in [0.29, 0.717) is 13.1 Å². The van der Waals surface area contributed by atoms with Gasteiger partial charge in [0.1, 0.15) is 0 Å². The maximum Gasteiger partial charge on any atom is 0.243 e. The Kier molecular flexibility index (Phi) is 7.16. The lowest BCUT2D eigenvalue weighted by Gasteiger charge is -2.33. The van der Waals surface area contributed by atoms with Crippen LogP contribution in [0.1, 0.15) is 26.2 Å². The van der Waals surface area contributed by atoms with Gasteiger partial charge in [0, 0.05) is 13.1 Å². The SMILES string of the molecule is C=CCN(CC=C)C(=O)C1(CC)CCCN1.Cl. The molecule has 0 aromatic carbocycles. The van der Waals surface area contributed by atoms with E-state index in [-0.39, 0.29) is 23.9 Å². The molecule has 1 atom stereocenters. The van der Waals surface area contributed by atoms with Crippen molar-refractivity contribution in [2.45, 2.75) is 31.7 Å². The molecule has 1 saturated heterocycles. The first-order chi connectivity index (χ1) is 7.70. The first-order valence-corrected chi connectivity index (χ1v) is 5.96. The highest BCUT2D eigenvalue weighted by Gasteiger charge is 2.41. The summed E-state index contributed by atoms with van der Waals surface area (Å²) in [6.07, 6.45) is 6.39. The van der Waals surface area contributed by atoms with E-state index < -0.39 is 0 Å². The van der Waals surface area contributed by atoms with Crippen LogP contribution in [0.25, 0.3) is 0 Å². The number of carbonyl (C=O) groups excluding carboxylic acids is 1. The summed E-state index contributed by atoms with van der Waals surface area (Å²) in [5.74, 6) is 0.187. The van der Waals surface area contributed by atoms with Crippen molar-refractivity contribution in [2.75, 3.05) is 19.6 Å². The third kappa shape index (κ3) is 3.58. The second kappa shape index (κ2) is 7.51. The van der Waals surface area contributed by atoms with E-state index in [1.807, 2.05) is 4.90 Å². The molecule has 1 amide bonds. The second-order valence-electron chi connectivity index (χ2n) is 4.25. The number of rotatable bonds is 6. The quantitative estimate of drug-likeness (QED) is 0.741. The molecule has 17 heavy (non-hydrogen) atoms. The predicted molar refractivity (Wildman–Crippen MR) is 74.5 cm³/mol. The lowest BCUT2D eigenvalue weighted by molar-refractivity contribution is -0.137. The summed E-state index contributed by atoms with van der Waals surface area (Å²) < 4.78 is 0. The van der Waals surface area contributed by atoms with Gasteiger partial charge in [-0.1, -0.05) is 19.1 Å². The predicted octanol–water partition coefficient (Wildman–Crippen LogP) is 2.14. The van der Waals surface area contributed by atoms with E-state index in [4.69, 9.17) is 0 Å². The highest BCUT2D eigenvalue weighted by atomic mass is 35.5. The van der Waals surface area contributed by atoms with Gasteiger partial charge in [0.25, 0.3) is 0 Å². The molecule has 0 aromatic rings. The van der Waals surface area contributed by atoms with Crippen molar-refractivity contribution in [3.05, 3.63) is 25.3 Å². The van der Waals surface area contributed by atoms with Crippen LogP contribution in [-0.2, 0) is 4.79 Å². The summed E-state index contributed by atoms with van der Waals surface area (Å²) in [6, 6.07) is 0. The molecule has 1 rings (SSSR count). The molecule has 1 heterocycles. The summed E-state index contributed by atoms with van der Waals surface area (Å²) in [6.45, 7) is 11.6. The van der Waals surface area contributed by atoms with Crippen LogP contribution in [0.15, 0.2) is 25.3 Å². The van der Waals surface area contributed by atoms with Crippen LogP contribution in [0, 0.1) is 0 Å². The second-order valence-corrected chi connectivity index (χ2v) is 4.25. The van der Waals surface area contributed by atoms with Crippen molar-refractivity contribution < 1.29 is 4.79 Å². The third-order valence-corrected chi connectivity index (χ3v) is 3.24. The molecule has 0 bridgehead atoms. The molecule has 0 spiro atoms.